The first-order valence-electron chi connectivity index (χ1n) is 6.12. The number of nitrogens with one attached hydrogen (secondary N) is 1. The maximum absolute atomic E-state index is 12.9. The monoisotopic (exact) mass is 285 g/mol. The van der Waals surface area contributed by atoms with Crippen molar-refractivity contribution in [3.05, 3.63) is 35.1 Å². The van der Waals surface area contributed by atoms with E-state index >= 15 is 0 Å². The van der Waals surface area contributed by atoms with Crippen molar-refractivity contribution in [3.63, 3.8) is 0 Å². The number of sulfone groups is 1. The van der Waals surface area contributed by atoms with Gasteiger partial charge in [-0.05, 0) is 43.0 Å². The van der Waals surface area contributed by atoms with Crippen LogP contribution in [-0.2, 0) is 9.84 Å². The fourth-order valence-corrected chi connectivity index (χ4v) is 4.11. The summed E-state index contributed by atoms with van der Waals surface area (Å²) >= 11 is 0. The lowest BCUT2D eigenvalue weighted by Crippen LogP contribution is -2.30. The van der Waals surface area contributed by atoms with Gasteiger partial charge in [-0.15, -0.1) is 0 Å². The van der Waals surface area contributed by atoms with Crippen LogP contribution >= 0.6 is 0 Å². The summed E-state index contributed by atoms with van der Waals surface area (Å²) in [5.41, 5.74) is 0.985. The summed E-state index contributed by atoms with van der Waals surface area (Å²) in [4.78, 5) is 11.9. The van der Waals surface area contributed by atoms with Gasteiger partial charge in [-0.25, -0.2) is 12.8 Å². The maximum Gasteiger partial charge on any atom is 0.251 e. The van der Waals surface area contributed by atoms with E-state index in [1.54, 1.807) is 6.92 Å². The number of aryl methyl sites for hydroxylation is 1. The van der Waals surface area contributed by atoms with E-state index in [-0.39, 0.29) is 29.1 Å². The van der Waals surface area contributed by atoms with E-state index in [2.05, 4.69) is 5.32 Å². The zero-order valence-corrected chi connectivity index (χ0v) is 11.5. The molecule has 1 fully saturated rings. The largest absolute Gasteiger partial charge is 0.352 e. The second-order valence-corrected chi connectivity index (χ2v) is 7.17. The fourth-order valence-electron chi connectivity index (χ4n) is 2.25. The van der Waals surface area contributed by atoms with Gasteiger partial charge in [0.2, 0.25) is 0 Å². The summed E-state index contributed by atoms with van der Waals surface area (Å²) in [5.74, 6) is -0.355. The number of halogens is 1. The van der Waals surface area contributed by atoms with Crippen molar-refractivity contribution in [1.82, 2.24) is 5.32 Å². The standard InChI is InChI=1S/C13H16FNO3S/c1-9-6-11(14)2-3-12(9)13(16)15-7-10-4-5-19(17,18)8-10/h2-3,6,10H,4-5,7-8H2,1H3,(H,15,16). The van der Waals surface area contributed by atoms with Crippen molar-refractivity contribution in [2.45, 2.75) is 13.3 Å². The van der Waals surface area contributed by atoms with Crippen molar-refractivity contribution in [3.8, 4) is 0 Å². The van der Waals surface area contributed by atoms with Crippen molar-refractivity contribution < 1.29 is 17.6 Å². The number of hydrogen-bond donors (Lipinski definition) is 1. The van der Waals surface area contributed by atoms with Crippen LogP contribution in [-0.4, -0.2) is 32.4 Å². The molecule has 19 heavy (non-hydrogen) atoms. The van der Waals surface area contributed by atoms with E-state index in [9.17, 15) is 17.6 Å². The molecule has 1 unspecified atom stereocenters. The second-order valence-electron chi connectivity index (χ2n) is 4.94. The molecule has 1 saturated heterocycles. The van der Waals surface area contributed by atoms with Crippen LogP contribution in [0.5, 0.6) is 0 Å². The first-order valence-corrected chi connectivity index (χ1v) is 7.94. The Morgan fingerprint density at radius 1 is 1.47 bits per heavy atom. The highest BCUT2D eigenvalue weighted by molar-refractivity contribution is 7.91. The minimum absolute atomic E-state index is 0.0188. The summed E-state index contributed by atoms with van der Waals surface area (Å²) in [7, 11) is -2.92. The van der Waals surface area contributed by atoms with Gasteiger partial charge in [0, 0.05) is 12.1 Å². The minimum atomic E-state index is -2.92. The van der Waals surface area contributed by atoms with Gasteiger partial charge in [-0.1, -0.05) is 0 Å². The van der Waals surface area contributed by atoms with Gasteiger partial charge < -0.3 is 5.32 Å². The molecule has 6 heteroatoms. The van der Waals surface area contributed by atoms with E-state index in [4.69, 9.17) is 0 Å². The highest BCUT2D eigenvalue weighted by Crippen LogP contribution is 2.17. The van der Waals surface area contributed by atoms with Crippen LogP contribution in [0.25, 0.3) is 0 Å². The molecule has 1 aromatic rings. The minimum Gasteiger partial charge on any atom is -0.352 e. The van der Waals surface area contributed by atoms with Gasteiger partial charge >= 0.3 is 0 Å². The predicted octanol–water partition coefficient (Wildman–Crippen LogP) is 1.30. The molecule has 1 heterocycles. The Balaban J connectivity index is 1.95. The van der Waals surface area contributed by atoms with E-state index < -0.39 is 9.84 Å². The van der Waals surface area contributed by atoms with E-state index in [1.165, 1.54) is 18.2 Å². The van der Waals surface area contributed by atoms with Crippen LogP contribution in [0.4, 0.5) is 4.39 Å². The van der Waals surface area contributed by atoms with Gasteiger partial charge in [-0.2, -0.15) is 0 Å². The molecule has 0 radical (unpaired) electrons. The van der Waals surface area contributed by atoms with Gasteiger partial charge in [0.1, 0.15) is 5.82 Å². The number of rotatable bonds is 3. The summed E-state index contributed by atoms with van der Waals surface area (Å²) in [6, 6.07) is 3.97. The van der Waals surface area contributed by atoms with Crippen molar-refractivity contribution in [2.75, 3.05) is 18.1 Å². The highest BCUT2D eigenvalue weighted by atomic mass is 32.2. The molecule has 2 rings (SSSR count). The number of hydrogen-bond acceptors (Lipinski definition) is 3. The van der Waals surface area contributed by atoms with Gasteiger partial charge in [-0.3, -0.25) is 4.79 Å². The first kappa shape index (κ1) is 14.0. The normalized spacial score (nSPS) is 21.3. The second kappa shape index (κ2) is 5.28. The van der Waals surface area contributed by atoms with Gasteiger partial charge in [0.15, 0.2) is 9.84 Å². The van der Waals surface area contributed by atoms with Crippen molar-refractivity contribution in [1.29, 1.82) is 0 Å². The number of benzene rings is 1. The molecule has 0 spiro atoms. The molecule has 0 bridgehead atoms. The van der Waals surface area contributed by atoms with E-state index in [0.29, 0.717) is 24.1 Å². The molecule has 0 aliphatic carbocycles. The third-order valence-electron chi connectivity index (χ3n) is 3.31. The van der Waals surface area contributed by atoms with Crippen LogP contribution < -0.4 is 5.32 Å². The first-order chi connectivity index (χ1) is 8.87. The van der Waals surface area contributed by atoms with Crippen LogP contribution in [0.1, 0.15) is 22.3 Å². The highest BCUT2D eigenvalue weighted by Gasteiger charge is 2.28. The molecule has 1 N–H and O–H groups in total. The molecule has 0 aromatic heterocycles. The lowest BCUT2D eigenvalue weighted by atomic mass is 10.1. The molecule has 1 amide bonds. The maximum atomic E-state index is 12.9. The molecule has 4 nitrogen and oxygen atoms in total. The Bertz CT molecular complexity index is 598. The van der Waals surface area contributed by atoms with Gasteiger partial charge in [0.25, 0.3) is 5.91 Å². The van der Waals surface area contributed by atoms with Crippen LogP contribution in [0.2, 0.25) is 0 Å². The summed E-state index contributed by atoms with van der Waals surface area (Å²) in [5, 5.41) is 2.71. The Hall–Kier alpha value is -1.43. The zero-order valence-electron chi connectivity index (χ0n) is 10.6. The topological polar surface area (TPSA) is 63.2 Å². The van der Waals surface area contributed by atoms with Crippen LogP contribution in [0.3, 0.4) is 0 Å². The molecule has 1 atom stereocenters. The lowest BCUT2D eigenvalue weighted by molar-refractivity contribution is 0.0948. The molecular weight excluding hydrogens is 269 g/mol. The smallest absolute Gasteiger partial charge is 0.251 e. The molecule has 1 aromatic carbocycles. The van der Waals surface area contributed by atoms with Crippen LogP contribution in [0, 0.1) is 18.7 Å². The average molecular weight is 285 g/mol. The van der Waals surface area contributed by atoms with E-state index in [0.717, 1.165) is 0 Å². The number of carbonyl (C=O) groups excluding carboxylic acids is 1. The lowest BCUT2D eigenvalue weighted by Gasteiger charge is -2.11. The summed E-state index contributed by atoms with van der Waals surface area (Å²) in [6.07, 6.45) is 0.588. The molecule has 1 aliphatic rings. The third-order valence-corrected chi connectivity index (χ3v) is 5.15. The Kier molecular flexibility index (Phi) is 3.89. The van der Waals surface area contributed by atoms with Gasteiger partial charge in [0.05, 0.1) is 11.5 Å². The van der Waals surface area contributed by atoms with Crippen LogP contribution in [0.15, 0.2) is 18.2 Å². The predicted molar refractivity (Wildman–Crippen MR) is 70.2 cm³/mol. The van der Waals surface area contributed by atoms with Crippen molar-refractivity contribution >= 4 is 15.7 Å². The van der Waals surface area contributed by atoms with Crippen molar-refractivity contribution in [2.24, 2.45) is 5.92 Å². The number of amides is 1. The number of carbonyl (C=O) groups is 1. The Labute approximate surface area is 111 Å². The quantitative estimate of drug-likeness (QED) is 0.910. The Morgan fingerprint density at radius 3 is 2.79 bits per heavy atom. The SMILES string of the molecule is Cc1cc(F)ccc1C(=O)NCC1CCS(=O)(=O)C1. The molecule has 104 valence electrons. The molecular formula is C13H16FNO3S. The summed E-state index contributed by atoms with van der Waals surface area (Å²) in [6.45, 7) is 2.01. The summed E-state index contributed by atoms with van der Waals surface area (Å²) < 4.78 is 35.5. The molecule has 0 saturated carbocycles. The zero-order chi connectivity index (χ0) is 14.0. The third kappa shape index (κ3) is 3.53. The molecule has 1 aliphatic heterocycles. The fraction of sp³-hybridized carbons (Fsp3) is 0.462. The Morgan fingerprint density at radius 2 is 2.21 bits per heavy atom. The average Bonchev–Trinajstić information content (AvgIpc) is 2.66. The van der Waals surface area contributed by atoms with E-state index in [1.807, 2.05) is 0 Å².